The molecule has 3 aliphatic heterocycles. The number of hydrogen-bond donors (Lipinski definition) is 2. The van der Waals surface area contributed by atoms with E-state index in [0.717, 1.165) is 11.3 Å². The highest BCUT2D eigenvalue weighted by molar-refractivity contribution is 6.75. The second-order valence-corrected chi connectivity index (χ2v) is 32.4. The molecule has 1 aromatic carbocycles. The van der Waals surface area contributed by atoms with Gasteiger partial charge in [0.25, 0.3) is 0 Å². The van der Waals surface area contributed by atoms with Crippen molar-refractivity contribution in [2.24, 2.45) is 0 Å². The van der Waals surface area contributed by atoms with E-state index in [2.05, 4.69) is 109 Å². The molecule has 252 valence electrons. The van der Waals surface area contributed by atoms with Crippen LogP contribution in [0.1, 0.15) is 94.2 Å². The first kappa shape index (κ1) is 36.1. The molecule has 0 bridgehead atoms. The van der Waals surface area contributed by atoms with Crippen LogP contribution in [0.3, 0.4) is 0 Å². The number of fused-ring (bicyclic) bond motifs is 3. The van der Waals surface area contributed by atoms with E-state index in [1.165, 1.54) is 0 Å². The number of ether oxygens (including phenoxy) is 2. The summed E-state index contributed by atoms with van der Waals surface area (Å²) in [6, 6.07) is 3.93. The SMILES string of the molecule is CC(C)(C)[Si](C)(C)Oc1cc2c(c(O[Si](C)(C)C(C)(C)C)c1)[C@]1(OC2)O[C@@H]2CO[Si](C(C)(C)C)(C(C)(C)C)O[C@H]2[C@H](O)[C@H]1O. The molecule has 8 nitrogen and oxygen atoms in total. The predicted molar refractivity (Wildman–Crippen MR) is 181 cm³/mol. The molecule has 4 rings (SSSR count). The molecule has 1 aromatic rings. The average molecular weight is 669 g/mol. The summed E-state index contributed by atoms with van der Waals surface area (Å²) in [6.45, 7) is 35.2. The van der Waals surface area contributed by atoms with Crippen molar-refractivity contribution in [2.75, 3.05) is 6.61 Å². The smallest absolute Gasteiger partial charge is 0.349 e. The topological polar surface area (TPSA) is 95.8 Å². The minimum atomic E-state index is -2.92. The molecule has 0 unspecified atom stereocenters. The third-order valence-corrected chi connectivity index (χ3v) is 24.6. The van der Waals surface area contributed by atoms with Crippen molar-refractivity contribution in [3.8, 4) is 11.5 Å². The van der Waals surface area contributed by atoms with Crippen molar-refractivity contribution in [1.29, 1.82) is 0 Å². The molecule has 5 atom stereocenters. The molecule has 0 saturated carbocycles. The minimum Gasteiger partial charge on any atom is -0.543 e. The van der Waals surface area contributed by atoms with Gasteiger partial charge in [0.1, 0.15) is 35.9 Å². The highest BCUT2D eigenvalue weighted by Crippen LogP contribution is 2.58. The van der Waals surface area contributed by atoms with Gasteiger partial charge in [-0.25, -0.2) is 0 Å². The summed E-state index contributed by atoms with van der Waals surface area (Å²) in [5.41, 5.74) is 1.45. The standard InChI is InChI=1S/C33H60O8Si3/c1-29(2,3)42(13,14)39-22-17-21-19-36-33(25(21)23(18-22)40-43(15,16)30(4,5)6)28(35)26(34)27-24(38-33)20-37-44(41-27,31(7,8)9)32(10,11)12/h17-18,24,26-28,34-35H,19-20H2,1-16H3/t24-,26+,27-,28-,33+/m1/s1. The fourth-order valence-electron chi connectivity index (χ4n) is 6.35. The Morgan fingerprint density at radius 3 is 1.84 bits per heavy atom. The van der Waals surface area contributed by atoms with E-state index in [9.17, 15) is 10.2 Å². The van der Waals surface area contributed by atoms with Crippen molar-refractivity contribution in [3.05, 3.63) is 23.3 Å². The Morgan fingerprint density at radius 1 is 0.818 bits per heavy atom. The molecule has 44 heavy (non-hydrogen) atoms. The van der Waals surface area contributed by atoms with Gasteiger partial charge in [0, 0.05) is 16.1 Å². The van der Waals surface area contributed by atoms with Crippen LogP contribution in [0.25, 0.3) is 0 Å². The van der Waals surface area contributed by atoms with Gasteiger partial charge in [-0.05, 0) is 47.9 Å². The first-order chi connectivity index (χ1) is 19.6. The summed E-state index contributed by atoms with van der Waals surface area (Å²) in [5, 5.41) is 23.1. The van der Waals surface area contributed by atoms with Gasteiger partial charge in [0.15, 0.2) is 0 Å². The van der Waals surface area contributed by atoms with Gasteiger partial charge in [0.2, 0.25) is 22.4 Å². The second kappa shape index (κ2) is 10.9. The van der Waals surface area contributed by atoms with Crippen LogP contribution in [0.5, 0.6) is 11.5 Å². The van der Waals surface area contributed by atoms with Gasteiger partial charge in [-0.15, -0.1) is 0 Å². The summed E-state index contributed by atoms with van der Waals surface area (Å²) in [4.78, 5) is 0. The molecule has 0 aromatic heterocycles. The van der Waals surface area contributed by atoms with Gasteiger partial charge in [-0.3, -0.25) is 0 Å². The summed E-state index contributed by atoms with van der Waals surface area (Å²) < 4.78 is 40.4. The van der Waals surface area contributed by atoms with E-state index in [0.29, 0.717) is 11.3 Å². The summed E-state index contributed by atoms with van der Waals surface area (Å²) in [7, 11) is -7.46. The Balaban J connectivity index is 1.81. The first-order valence-electron chi connectivity index (χ1n) is 16.2. The van der Waals surface area contributed by atoms with E-state index in [1.807, 2.05) is 12.1 Å². The van der Waals surface area contributed by atoms with Gasteiger partial charge in [-0.2, -0.15) is 0 Å². The largest absolute Gasteiger partial charge is 0.543 e. The van der Waals surface area contributed by atoms with Crippen molar-refractivity contribution >= 4 is 25.2 Å². The quantitative estimate of drug-likeness (QED) is 0.315. The number of hydrogen-bond acceptors (Lipinski definition) is 8. The van der Waals surface area contributed by atoms with Gasteiger partial charge < -0.3 is 37.4 Å². The maximum atomic E-state index is 12.0. The Labute approximate surface area is 269 Å². The van der Waals surface area contributed by atoms with E-state index in [-0.39, 0.29) is 33.4 Å². The zero-order valence-corrected chi connectivity index (χ0v) is 33.2. The van der Waals surface area contributed by atoms with E-state index < -0.39 is 55.4 Å². The van der Waals surface area contributed by atoms with E-state index >= 15 is 0 Å². The van der Waals surface area contributed by atoms with Gasteiger partial charge in [-0.1, -0.05) is 83.1 Å². The maximum Gasteiger partial charge on any atom is 0.349 e. The van der Waals surface area contributed by atoms with Gasteiger partial charge in [0.05, 0.1) is 18.8 Å². The molecule has 1 spiro atoms. The van der Waals surface area contributed by atoms with Crippen LogP contribution in [-0.2, 0) is 30.7 Å². The highest BCUT2D eigenvalue weighted by Gasteiger charge is 2.68. The summed E-state index contributed by atoms with van der Waals surface area (Å²) in [5.74, 6) is -0.333. The number of rotatable bonds is 4. The molecular weight excluding hydrogens is 609 g/mol. The monoisotopic (exact) mass is 668 g/mol. The van der Waals surface area contributed by atoms with Crippen LogP contribution in [0.4, 0.5) is 0 Å². The predicted octanol–water partition coefficient (Wildman–Crippen LogP) is 7.72. The lowest BCUT2D eigenvalue weighted by Gasteiger charge is -2.58. The van der Waals surface area contributed by atoms with Crippen molar-refractivity contribution in [2.45, 2.75) is 166 Å². The van der Waals surface area contributed by atoms with Crippen LogP contribution in [0, 0.1) is 0 Å². The van der Waals surface area contributed by atoms with E-state index in [1.54, 1.807) is 0 Å². The molecular formula is C33H60O8Si3. The fourth-order valence-corrected chi connectivity index (χ4v) is 13.3. The molecule has 0 aliphatic carbocycles. The lowest BCUT2D eigenvalue weighted by atomic mass is 9.87. The Hall–Kier alpha value is -0.769. The number of aliphatic hydroxyl groups excluding tert-OH is 2. The van der Waals surface area contributed by atoms with Gasteiger partial charge >= 0.3 is 8.56 Å². The second-order valence-electron chi connectivity index (χ2n) is 18.2. The van der Waals surface area contributed by atoms with Crippen molar-refractivity contribution in [1.82, 2.24) is 0 Å². The lowest BCUT2D eigenvalue weighted by Crippen LogP contribution is -2.72. The third kappa shape index (κ3) is 5.80. The Bertz CT molecular complexity index is 1220. The Morgan fingerprint density at radius 2 is 1.34 bits per heavy atom. The molecule has 0 radical (unpaired) electrons. The van der Waals surface area contributed by atoms with E-state index in [4.69, 9.17) is 27.2 Å². The van der Waals surface area contributed by atoms with Crippen LogP contribution >= 0.6 is 0 Å². The molecule has 2 N–H and O–H groups in total. The molecule has 2 fully saturated rings. The summed E-state index contributed by atoms with van der Waals surface area (Å²) in [6.07, 6.45) is -4.07. The highest BCUT2D eigenvalue weighted by atomic mass is 28.4. The molecule has 0 amide bonds. The third-order valence-electron chi connectivity index (χ3n) is 10.8. The summed E-state index contributed by atoms with van der Waals surface area (Å²) >= 11 is 0. The Kier molecular flexibility index (Phi) is 8.92. The zero-order valence-electron chi connectivity index (χ0n) is 30.2. The van der Waals surface area contributed by atoms with Crippen LogP contribution in [0.15, 0.2) is 12.1 Å². The minimum absolute atomic E-state index is 0.00557. The van der Waals surface area contributed by atoms with Crippen LogP contribution in [0.2, 0.25) is 46.3 Å². The lowest BCUT2D eigenvalue weighted by molar-refractivity contribution is -0.373. The fraction of sp³-hybridized carbons (Fsp3) is 0.818. The van der Waals surface area contributed by atoms with Crippen molar-refractivity contribution in [3.63, 3.8) is 0 Å². The maximum absolute atomic E-state index is 12.0. The number of aliphatic hydroxyl groups is 2. The van der Waals surface area contributed by atoms with Crippen LogP contribution < -0.4 is 8.85 Å². The zero-order chi connectivity index (χ0) is 33.7. The number of benzene rings is 1. The first-order valence-corrected chi connectivity index (χ1v) is 23.8. The molecule has 3 heterocycles. The molecule has 2 saturated heterocycles. The average Bonchev–Trinajstić information content (AvgIpc) is 3.18. The van der Waals surface area contributed by atoms with Crippen molar-refractivity contribution < 1.29 is 37.4 Å². The molecule has 11 heteroatoms. The normalized spacial score (nSPS) is 29.8. The molecule has 3 aliphatic rings. The van der Waals surface area contributed by atoms with Crippen LogP contribution in [-0.4, -0.2) is 66.4 Å².